The van der Waals surface area contributed by atoms with Gasteiger partial charge in [-0.2, -0.15) is 15.0 Å². The lowest BCUT2D eigenvalue weighted by Crippen LogP contribution is -2.32. The van der Waals surface area contributed by atoms with E-state index < -0.39 is 0 Å². The van der Waals surface area contributed by atoms with Crippen molar-refractivity contribution in [2.45, 2.75) is 156 Å². The SMILES string of the molecule is CCCC(C)(CCC)n1nc2ccccc2n1.CCCC(C)(CCC)n1nnc2cccnc21.CCCC(C)(CCC)n1nnc2ncccc21. The molecule has 11 nitrogen and oxygen atoms in total. The Kier molecular flexibility index (Phi) is 14.2. The summed E-state index contributed by atoms with van der Waals surface area (Å²) in [6.45, 7) is 20.1. The maximum atomic E-state index is 4.63. The topological polar surface area (TPSA) is 118 Å². The molecular weight excluding hydrogens is 635 g/mol. The van der Waals surface area contributed by atoms with E-state index >= 15 is 0 Å². The molecule has 0 N–H and O–H groups in total. The molecule has 0 radical (unpaired) electrons. The van der Waals surface area contributed by atoms with Gasteiger partial charge in [0.15, 0.2) is 5.65 Å². The van der Waals surface area contributed by atoms with Gasteiger partial charge in [-0.3, -0.25) is 0 Å². The fraction of sp³-hybridized carbons (Fsp3) is 0.600. The summed E-state index contributed by atoms with van der Waals surface area (Å²) in [4.78, 5) is 10.6. The number of hydrogen-bond donors (Lipinski definition) is 0. The van der Waals surface area contributed by atoms with E-state index in [-0.39, 0.29) is 16.6 Å². The molecule has 0 atom stereocenters. The Labute approximate surface area is 304 Å². The van der Waals surface area contributed by atoms with Gasteiger partial charge in [0, 0.05) is 12.4 Å². The summed E-state index contributed by atoms with van der Waals surface area (Å²) in [6, 6.07) is 15.9. The molecule has 6 rings (SSSR count). The van der Waals surface area contributed by atoms with Crippen LogP contribution in [0, 0.1) is 0 Å². The standard InChI is InChI=1S/C14H21N3.2C13H20N4/c1-4-10-14(3,11-5-2)17-15-12-8-6-7-9-13(12)16-17;1-4-8-13(3,9-5-2)17-11-7-6-10-14-12(11)15-16-17;1-4-8-13(3,9-5-2)17-12-11(15-16-17)7-6-10-14-12/h6-9H,4-5,10-11H2,1-3H3;2*6-7,10H,4-5,8-9H2,1-3H3. The zero-order valence-electron chi connectivity index (χ0n) is 32.7. The Morgan fingerprint density at radius 1 is 0.490 bits per heavy atom. The summed E-state index contributed by atoms with van der Waals surface area (Å²) in [5.74, 6) is 0. The van der Waals surface area contributed by atoms with Crippen LogP contribution in [0.4, 0.5) is 0 Å². The number of hydrogen-bond acceptors (Lipinski definition) is 8. The van der Waals surface area contributed by atoms with E-state index in [4.69, 9.17) is 0 Å². The van der Waals surface area contributed by atoms with Crippen LogP contribution in [0.25, 0.3) is 33.4 Å². The number of pyridine rings is 2. The molecule has 0 amide bonds. The predicted molar refractivity (Wildman–Crippen MR) is 209 cm³/mol. The van der Waals surface area contributed by atoms with Crippen molar-refractivity contribution in [3.05, 3.63) is 60.9 Å². The Bertz CT molecular complexity index is 1750. The van der Waals surface area contributed by atoms with Crippen molar-refractivity contribution in [1.29, 1.82) is 0 Å². The van der Waals surface area contributed by atoms with Crippen LogP contribution in [-0.4, -0.2) is 54.9 Å². The second-order valence-electron chi connectivity index (χ2n) is 14.7. The lowest BCUT2D eigenvalue weighted by molar-refractivity contribution is 0.213. The fourth-order valence-corrected chi connectivity index (χ4v) is 7.62. The average Bonchev–Trinajstić information content (AvgIpc) is 3.87. The van der Waals surface area contributed by atoms with E-state index in [0.717, 1.165) is 110 Å². The first-order valence-electron chi connectivity index (χ1n) is 19.3. The first kappa shape index (κ1) is 39.5. The van der Waals surface area contributed by atoms with Gasteiger partial charge >= 0.3 is 0 Å². The molecule has 0 spiro atoms. The summed E-state index contributed by atoms with van der Waals surface area (Å²) in [5.41, 5.74) is 5.69. The molecule has 0 fully saturated rings. The molecular formula is C40H61N11. The Balaban J connectivity index is 0.000000172. The van der Waals surface area contributed by atoms with Crippen molar-refractivity contribution in [3.63, 3.8) is 0 Å². The van der Waals surface area contributed by atoms with Gasteiger partial charge in [-0.05, 0) is 95.7 Å². The highest BCUT2D eigenvalue weighted by Crippen LogP contribution is 2.31. The van der Waals surface area contributed by atoms with Crippen molar-refractivity contribution in [2.24, 2.45) is 0 Å². The van der Waals surface area contributed by atoms with E-state index in [2.05, 4.69) is 108 Å². The molecule has 6 aromatic rings. The minimum Gasteiger partial charge on any atom is -0.237 e. The summed E-state index contributed by atoms with van der Waals surface area (Å²) >= 11 is 0. The molecule has 0 aliphatic rings. The average molecular weight is 696 g/mol. The molecule has 0 aliphatic carbocycles. The second kappa shape index (κ2) is 18.3. The first-order valence-corrected chi connectivity index (χ1v) is 19.3. The summed E-state index contributed by atoms with van der Waals surface area (Å²) in [7, 11) is 0. The van der Waals surface area contributed by atoms with Crippen LogP contribution < -0.4 is 0 Å². The van der Waals surface area contributed by atoms with Crippen LogP contribution in [-0.2, 0) is 16.6 Å². The Hall–Kier alpha value is -4.28. The van der Waals surface area contributed by atoms with E-state index in [1.54, 1.807) is 12.4 Å². The zero-order valence-corrected chi connectivity index (χ0v) is 32.7. The normalized spacial score (nSPS) is 12.2. The third-order valence-corrected chi connectivity index (χ3v) is 9.96. The van der Waals surface area contributed by atoms with Gasteiger partial charge in [-0.1, -0.05) is 103 Å². The number of benzene rings is 1. The maximum Gasteiger partial charge on any atom is 0.201 e. The summed E-state index contributed by atoms with van der Waals surface area (Å²) in [6.07, 6.45) is 17.2. The van der Waals surface area contributed by atoms with Gasteiger partial charge < -0.3 is 0 Å². The lowest BCUT2D eigenvalue weighted by atomic mass is 9.91. The minimum absolute atomic E-state index is 0.0343. The van der Waals surface area contributed by atoms with Crippen molar-refractivity contribution in [3.8, 4) is 0 Å². The number of aromatic nitrogens is 11. The molecule has 0 aliphatic heterocycles. The van der Waals surface area contributed by atoms with Crippen molar-refractivity contribution in [2.75, 3.05) is 0 Å². The molecule has 0 unspecified atom stereocenters. The van der Waals surface area contributed by atoms with Crippen molar-refractivity contribution in [1.82, 2.24) is 54.9 Å². The predicted octanol–water partition coefficient (Wildman–Crippen LogP) is 10.0. The number of rotatable bonds is 15. The highest BCUT2D eigenvalue weighted by atomic mass is 15.5. The van der Waals surface area contributed by atoms with Gasteiger partial charge in [0.2, 0.25) is 5.65 Å². The van der Waals surface area contributed by atoms with Crippen molar-refractivity contribution < 1.29 is 0 Å². The molecule has 11 heteroatoms. The van der Waals surface area contributed by atoms with Crippen LogP contribution in [0.3, 0.4) is 0 Å². The lowest BCUT2D eigenvalue weighted by Gasteiger charge is -2.29. The molecule has 1 aromatic carbocycles. The molecule has 0 saturated heterocycles. The Morgan fingerprint density at radius 3 is 1.49 bits per heavy atom. The maximum absolute atomic E-state index is 4.63. The van der Waals surface area contributed by atoms with E-state index in [9.17, 15) is 0 Å². The van der Waals surface area contributed by atoms with E-state index in [0.29, 0.717) is 0 Å². The van der Waals surface area contributed by atoms with Crippen LogP contribution in [0.1, 0.15) is 139 Å². The van der Waals surface area contributed by atoms with E-state index in [1.165, 1.54) is 0 Å². The third kappa shape index (κ3) is 9.34. The van der Waals surface area contributed by atoms with Crippen LogP contribution in [0.15, 0.2) is 60.9 Å². The smallest absolute Gasteiger partial charge is 0.201 e. The van der Waals surface area contributed by atoms with Gasteiger partial charge in [0.25, 0.3) is 0 Å². The number of nitrogens with zero attached hydrogens (tertiary/aromatic N) is 11. The first-order chi connectivity index (χ1) is 24.6. The monoisotopic (exact) mass is 696 g/mol. The molecule has 276 valence electrons. The molecule has 5 heterocycles. The summed E-state index contributed by atoms with van der Waals surface area (Å²) in [5, 5.41) is 26.2. The molecule has 51 heavy (non-hydrogen) atoms. The van der Waals surface area contributed by atoms with Gasteiger partial charge in [0.05, 0.1) is 16.6 Å². The molecule has 0 bridgehead atoms. The van der Waals surface area contributed by atoms with Crippen LogP contribution >= 0.6 is 0 Å². The molecule has 0 saturated carbocycles. The minimum atomic E-state index is 0.0343. The summed E-state index contributed by atoms with van der Waals surface area (Å²) < 4.78 is 4.07. The highest BCUT2D eigenvalue weighted by Gasteiger charge is 2.29. The van der Waals surface area contributed by atoms with Crippen molar-refractivity contribution >= 4 is 33.4 Å². The van der Waals surface area contributed by atoms with Crippen LogP contribution in [0.2, 0.25) is 0 Å². The highest BCUT2D eigenvalue weighted by molar-refractivity contribution is 5.73. The quantitative estimate of drug-likeness (QED) is 0.104. The third-order valence-electron chi connectivity index (χ3n) is 9.96. The van der Waals surface area contributed by atoms with Crippen LogP contribution in [0.5, 0.6) is 0 Å². The second-order valence-corrected chi connectivity index (χ2v) is 14.7. The largest absolute Gasteiger partial charge is 0.237 e. The number of fused-ring (bicyclic) bond motifs is 3. The zero-order chi connectivity index (χ0) is 36.9. The van der Waals surface area contributed by atoms with Gasteiger partial charge in [-0.25, -0.2) is 19.3 Å². The Morgan fingerprint density at radius 2 is 0.941 bits per heavy atom. The van der Waals surface area contributed by atoms with E-state index in [1.807, 2.05) is 58.0 Å². The van der Waals surface area contributed by atoms with Gasteiger partial charge in [-0.15, -0.1) is 10.2 Å². The fourth-order valence-electron chi connectivity index (χ4n) is 7.62. The molecule has 5 aromatic heterocycles. The van der Waals surface area contributed by atoms with Gasteiger partial charge in [0.1, 0.15) is 22.1 Å².